The van der Waals surface area contributed by atoms with Crippen molar-refractivity contribution in [3.63, 3.8) is 0 Å². The van der Waals surface area contributed by atoms with E-state index in [0.717, 1.165) is 0 Å². The molecule has 356 valence electrons. The molecule has 0 saturated carbocycles. The highest BCUT2D eigenvalue weighted by molar-refractivity contribution is 5.96. The van der Waals surface area contributed by atoms with Crippen LogP contribution in [0.1, 0.15) is 128 Å². The molecule has 6 fully saturated rings. The summed E-state index contributed by atoms with van der Waals surface area (Å²) >= 11 is 0. The van der Waals surface area contributed by atoms with Crippen LogP contribution in [0.5, 0.6) is 0 Å². The Morgan fingerprint density at radius 2 is 1.58 bits per heavy atom. The van der Waals surface area contributed by atoms with Crippen molar-refractivity contribution in [1.82, 2.24) is 0 Å². The lowest BCUT2D eigenvalue weighted by Crippen LogP contribution is -2.63. The molecule has 6 heterocycles. The minimum Gasteiger partial charge on any atom is -0.481 e. The van der Waals surface area contributed by atoms with Gasteiger partial charge in [0.25, 0.3) is 0 Å². The van der Waals surface area contributed by atoms with Gasteiger partial charge in [0.2, 0.25) is 0 Å². The van der Waals surface area contributed by atoms with Crippen molar-refractivity contribution in [2.75, 3.05) is 13.7 Å². The molecule has 0 aromatic carbocycles. The number of ether oxygens (including phenoxy) is 8. The number of hydrogen-bond donors (Lipinski definition) is 5. The van der Waals surface area contributed by atoms with Crippen LogP contribution in [0.2, 0.25) is 0 Å². The van der Waals surface area contributed by atoms with Gasteiger partial charge in [0.15, 0.2) is 29.4 Å². The fourth-order valence-electron chi connectivity index (χ4n) is 11.9. The van der Waals surface area contributed by atoms with E-state index in [1.54, 1.807) is 27.9 Å². The summed E-state index contributed by atoms with van der Waals surface area (Å²) in [7, 11) is 1.55. The number of carboxylic acids is 1. The number of aliphatic hydroxyl groups excluding tert-OH is 3. The van der Waals surface area contributed by atoms with Gasteiger partial charge in [0, 0.05) is 68.3 Å². The summed E-state index contributed by atoms with van der Waals surface area (Å²) in [6.07, 6.45) is -0.451. The Balaban J connectivity index is 1.25. The van der Waals surface area contributed by atoms with Crippen molar-refractivity contribution in [3.8, 4) is 0 Å². The molecule has 62 heavy (non-hydrogen) atoms. The molecule has 22 atom stereocenters. The molecule has 6 aliphatic heterocycles. The predicted octanol–water partition coefficient (Wildman–Crippen LogP) is 5.12. The van der Waals surface area contributed by atoms with E-state index >= 15 is 0 Å². The molecule has 0 aromatic rings. The highest BCUT2D eigenvalue weighted by atomic mass is 16.8. The maximum atomic E-state index is 13.4. The number of aliphatic hydroxyl groups is 4. The third-order valence-corrected chi connectivity index (χ3v) is 15.9. The van der Waals surface area contributed by atoms with Gasteiger partial charge in [0.1, 0.15) is 6.10 Å². The molecular formula is C47H78O15. The number of hydrogen-bond acceptors (Lipinski definition) is 14. The van der Waals surface area contributed by atoms with Crippen molar-refractivity contribution in [1.29, 1.82) is 0 Å². The summed E-state index contributed by atoms with van der Waals surface area (Å²) in [5, 5.41) is 53.5. The van der Waals surface area contributed by atoms with Crippen LogP contribution in [-0.4, -0.2) is 135 Å². The van der Waals surface area contributed by atoms with Crippen LogP contribution < -0.4 is 0 Å². The lowest BCUT2D eigenvalue weighted by atomic mass is 9.76. The van der Waals surface area contributed by atoms with E-state index in [-0.39, 0.29) is 60.6 Å². The van der Waals surface area contributed by atoms with Gasteiger partial charge < -0.3 is 63.4 Å². The van der Waals surface area contributed by atoms with E-state index in [4.69, 9.17) is 37.9 Å². The van der Waals surface area contributed by atoms with Gasteiger partial charge in [0.05, 0.1) is 67.0 Å². The fourth-order valence-corrected chi connectivity index (χ4v) is 11.9. The van der Waals surface area contributed by atoms with E-state index < -0.39 is 109 Å². The van der Waals surface area contributed by atoms with Gasteiger partial charge in [-0.05, 0) is 57.9 Å². The zero-order chi connectivity index (χ0) is 45.9. The quantitative estimate of drug-likeness (QED) is 0.152. The van der Waals surface area contributed by atoms with E-state index in [1.165, 1.54) is 0 Å². The third-order valence-electron chi connectivity index (χ3n) is 15.9. The van der Waals surface area contributed by atoms with E-state index in [2.05, 4.69) is 20.8 Å². The smallest absolute Gasteiger partial charge is 0.306 e. The Kier molecular flexibility index (Phi) is 15.2. The average molecular weight is 883 g/mol. The molecule has 0 amide bonds. The largest absolute Gasteiger partial charge is 0.481 e. The predicted molar refractivity (Wildman–Crippen MR) is 225 cm³/mol. The number of Topliss-reactive ketones (excluding diaryl/α,β-unsaturated/α-hetero) is 1. The van der Waals surface area contributed by atoms with Gasteiger partial charge in [-0.1, -0.05) is 61.5 Å². The Hall–Kier alpha value is -1.60. The highest BCUT2D eigenvalue weighted by Crippen LogP contribution is 2.56. The number of carboxylic acid groups (broad SMARTS) is 1. The summed E-state index contributed by atoms with van der Waals surface area (Å²) in [4.78, 5) is 24.8. The maximum Gasteiger partial charge on any atom is 0.306 e. The van der Waals surface area contributed by atoms with Gasteiger partial charge in [-0.3, -0.25) is 9.59 Å². The first-order valence-corrected chi connectivity index (χ1v) is 23.3. The molecule has 0 aliphatic carbocycles. The highest BCUT2D eigenvalue weighted by Gasteiger charge is 2.65. The van der Waals surface area contributed by atoms with Crippen LogP contribution in [-0.2, 0) is 47.5 Å². The molecular weight excluding hydrogens is 805 g/mol. The van der Waals surface area contributed by atoms with Crippen LogP contribution in [0.15, 0.2) is 11.6 Å². The van der Waals surface area contributed by atoms with Gasteiger partial charge in [-0.2, -0.15) is 0 Å². The van der Waals surface area contributed by atoms with Crippen LogP contribution >= 0.6 is 0 Å². The Bertz CT molecular complexity index is 1600. The number of ketones is 1. The standard InChI is InChI=1S/C47H78O15/c1-23(39(51)24(2)16-27(5)43(52)53)15-25(3)40-30(8)34(50)21-45(60-40)14-13-44(11,62-45)37-20-35(57-38-19-33(49)42(55-12)32(10)56-38)31(9)47(59-37)29(7)18-36(58-47)41-26(4)17-28(6)46(54,22-48)61-41/h15,24-38,40-42,48-50,54H,13-14,16-22H2,1-12H3,(H,52,53). The Morgan fingerprint density at radius 1 is 0.887 bits per heavy atom. The minimum atomic E-state index is -1.69. The van der Waals surface area contributed by atoms with Crippen molar-refractivity contribution in [3.05, 3.63) is 11.6 Å². The zero-order valence-corrected chi connectivity index (χ0v) is 39.2. The third kappa shape index (κ3) is 9.62. The van der Waals surface area contributed by atoms with Crippen LogP contribution in [0.3, 0.4) is 0 Å². The molecule has 6 rings (SSSR count). The van der Waals surface area contributed by atoms with Gasteiger partial charge in [-0.25, -0.2) is 0 Å². The second kappa shape index (κ2) is 18.9. The lowest BCUT2D eigenvalue weighted by Gasteiger charge is -2.54. The molecule has 15 nitrogen and oxygen atoms in total. The first-order valence-electron chi connectivity index (χ1n) is 23.3. The normalized spacial score (nSPS) is 49.2. The number of methoxy groups -OCH3 is 1. The average Bonchev–Trinajstić information content (AvgIpc) is 3.71. The van der Waals surface area contributed by atoms with E-state index in [9.17, 15) is 35.1 Å². The number of allylic oxidation sites excluding steroid dienone is 1. The lowest BCUT2D eigenvalue weighted by molar-refractivity contribution is -0.391. The molecule has 15 heteroatoms. The first-order chi connectivity index (χ1) is 28.9. The monoisotopic (exact) mass is 883 g/mol. The van der Waals surface area contributed by atoms with Gasteiger partial charge >= 0.3 is 5.97 Å². The maximum absolute atomic E-state index is 13.4. The van der Waals surface area contributed by atoms with Crippen LogP contribution in [0.4, 0.5) is 0 Å². The topological polar surface area (TPSA) is 209 Å². The molecule has 5 N–H and O–H groups in total. The zero-order valence-electron chi connectivity index (χ0n) is 39.2. The SMILES string of the molecule is COC1C(O)CC(OC2CC(C3(C)CCC4(CC(O)C(C)C(C(C)C=C(C)C(=O)C(C)CC(C)C(=O)O)O4)O3)OC3(OC(C4OC(O)(CO)C(C)CC4C)CC3C)C2C)OC1C. The van der Waals surface area contributed by atoms with Crippen molar-refractivity contribution in [2.45, 2.75) is 212 Å². The number of carbonyl (C=O) groups excluding carboxylic acids is 1. The summed E-state index contributed by atoms with van der Waals surface area (Å²) in [5.41, 5.74) is -0.398. The fraction of sp³-hybridized carbons (Fsp3) is 0.915. The Morgan fingerprint density at radius 3 is 2.21 bits per heavy atom. The second-order valence-electron chi connectivity index (χ2n) is 20.8. The summed E-state index contributed by atoms with van der Waals surface area (Å²) < 4.78 is 53.5. The van der Waals surface area contributed by atoms with Crippen molar-refractivity contribution < 1.29 is 73.0 Å². The Labute approximate surface area is 368 Å². The molecule has 6 aliphatic rings. The molecule has 2 spiro atoms. The summed E-state index contributed by atoms with van der Waals surface area (Å²) in [6.45, 7) is 20.5. The van der Waals surface area contributed by atoms with E-state index in [0.29, 0.717) is 37.7 Å². The van der Waals surface area contributed by atoms with E-state index in [1.807, 2.05) is 40.7 Å². The number of aliphatic carboxylic acids is 1. The molecule has 0 bridgehead atoms. The summed E-state index contributed by atoms with van der Waals surface area (Å²) in [6, 6.07) is 0. The number of rotatable bonds is 13. The van der Waals surface area contributed by atoms with Crippen molar-refractivity contribution >= 4 is 11.8 Å². The van der Waals surface area contributed by atoms with Crippen LogP contribution in [0.25, 0.3) is 0 Å². The second-order valence-corrected chi connectivity index (χ2v) is 20.8. The molecule has 22 unspecified atom stereocenters. The molecule has 0 radical (unpaired) electrons. The first kappa shape index (κ1) is 49.8. The minimum absolute atomic E-state index is 0.0298. The number of carbonyl (C=O) groups is 2. The van der Waals surface area contributed by atoms with Crippen LogP contribution in [0, 0.1) is 47.3 Å². The summed E-state index contributed by atoms with van der Waals surface area (Å²) in [5.74, 6) is -7.44. The van der Waals surface area contributed by atoms with Crippen molar-refractivity contribution in [2.24, 2.45) is 47.3 Å². The molecule has 0 aromatic heterocycles. The molecule has 6 saturated heterocycles. The van der Waals surface area contributed by atoms with Gasteiger partial charge in [-0.15, -0.1) is 0 Å².